The standard InChI is InChI=1S/C11H21NO3/c1-9(13)8-10(14)15-7-6-12(5)11(2,3)4/h6-8H2,1-5H3. The van der Waals surface area contributed by atoms with E-state index in [-0.39, 0.29) is 17.7 Å². The van der Waals surface area contributed by atoms with Gasteiger partial charge in [-0.25, -0.2) is 0 Å². The van der Waals surface area contributed by atoms with Crippen molar-refractivity contribution in [2.24, 2.45) is 0 Å². The molecule has 0 aliphatic carbocycles. The van der Waals surface area contributed by atoms with Crippen LogP contribution in [0.15, 0.2) is 0 Å². The van der Waals surface area contributed by atoms with Crippen molar-refractivity contribution in [3.63, 3.8) is 0 Å². The summed E-state index contributed by atoms with van der Waals surface area (Å²) in [6, 6.07) is 0. The molecular weight excluding hydrogens is 194 g/mol. The van der Waals surface area contributed by atoms with Gasteiger partial charge in [0, 0.05) is 12.1 Å². The van der Waals surface area contributed by atoms with Gasteiger partial charge in [0.05, 0.1) is 0 Å². The Morgan fingerprint density at radius 2 is 1.80 bits per heavy atom. The van der Waals surface area contributed by atoms with E-state index in [1.165, 1.54) is 6.92 Å². The van der Waals surface area contributed by atoms with Crippen molar-refractivity contribution in [1.82, 2.24) is 4.90 Å². The Bertz CT molecular complexity index is 230. The molecule has 0 saturated carbocycles. The van der Waals surface area contributed by atoms with Gasteiger partial charge >= 0.3 is 5.97 Å². The number of hydrogen-bond donors (Lipinski definition) is 0. The first-order valence-corrected chi connectivity index (χ1v) is 5.10. The lowest BCUT2D eigenvalue weighted by atomic mass is 10.1. The van der Waals surface area contributed by atoms with Crippen LogP contribution in [0.25, 0.3) is 0 Å². The summed E-state index contributed by atoms with van der Waals surface area (Å²) in [5, 5.41) is 0. The molecule has 15 heavy (non-hydrogen) atoms. The molecule has 0 radical (unpaired) electrons. The summed E-state index contributed by atoms with van der Waals surface area (Å²) in [5.74, 6) is -0.603. The first kappa shape index (κ1) is 14.1. The number of ketones is 1. The van der Waals surface area contributed by atoms with Crippen LogP contribution in [-0.4, -0.2) is 42.4 Å². The van der Waals surface area contributed by atoms with Gasteiger partial charge in [0.25, 0.3) is 0 Å². The quantitative estimate of drug-likeness (QED) is 0.511. The molecule has 0 aromatic carbocycles. The maximum absolute atomic E-state index is 11.0. The first-order chi connectivity index (χ1) is 6.73. The molecule has 88 valence electrons. The van der Waals surface area contributed by atoms with E-state index in [2.05, 4.69) is 25.7 Å². The third-order valence-corrected chi connectivity index (χ3v) is 2.23. The summed E-state index contributed by atoms with van der Waals surface area (Å²) in [4.78, 5) is 23.7. The zero-order chi connectivity index (χ0) is 12.1. The molecule has 0 spiro atoms. The molecule has 4 nitrogen and oxygen atoms in total. The summed E-state index contributed by atoms with van der Waals surface area (Å²) < 4.78 is 4.92. The molecule has 0 aliphatic rings. The Hall–Kier alpha value is -0.900. The molecule has 0 aromatic heterocycles. The van der Waals surface area contributed by atoms with Crippen LogP contribution in [0.4, 0.5) is 0 Å². The number of nitrogens with zero attached hydrogens (tertiary/aromatic N) is 1. The van der Waals surface area contributed by atoms with Crippen LogP contribution in [-0.2, 0) is 14.3 Å². The highest BCUT2D eigenvalue weighted by atomic mass is 16.5. The zero-order valence-corrected chi connectivity index (χ0v) is 10.3. The molecule has 0 rings (SSSR count). The Labute approximate surface area is 91.6 Å². The topological polar surface area (TPSA) is 46.6 Å². The van der Waals surface area contributed by atoms with Gasteiger partial charge in [0.1, 0.15) is 18.8 Å². The Morgan fingerprint density at radius 1 is 1.27 bits per heavy atom. The number of hydrogen-bond acceptors (Lipinski definition) is 4. The zero-order valence-electron chi connectivity index (χ0n) is 10.3. The van der Waals surface area contributed by atoms with E-state index >= 15 is 0 Å². The molecule has 0 N–H and O–H groups in total. The summed E-state index contributed by atoms with van der Waals surface area (Å²) >= 11 is 0. The van der Waals surface area contributed by atoms with Crippen molar-refractivity contribution in [3.05, 3.63) is 0 Å². The van der Waals surface area contributed by atoms with E-state index in [9.17, 15) is 9.59 Å². The minimum Gasteiger partial charge on any atom is -0.464 e. The summed E-state index contributed by atoms with van der Waals surface area (Å²) in [6.45, 7) is 8.65. The molecule has 0 saturated heterocycles. The van der Waals surface area contributed by atoms with Gasteiger partial charge in [-0.05, 0) is 34.7 Å². The van der Waals surface area contributed by atoms with Gasteiger partial charge in [-0.2, -0.15) is 0 Å². The third-order valence-electron chi connectivity index (χ3n) is 2.23. The summed E-state index contributed by atoms with van der Waals surface area (Å²) in [5.41, 5.74) is 0.0625. The van der Waals surface area contributed by atoms with Gasteiger partial charge in [-0.3, -0.25) is 14.5 Å². The molecule has 0 fully saturated rings. The van der Waals surface area contributed by atoms with Crippen LogP contribution in [0, 0.1) is 0 Å². The van der Waals surface area contributed by atoms with Crippen molar-refractivity contribution < 1.29 is 14.3 Å². The van der Waals surface area contributed by atoms with Crippen molar-refractivity contribution >= 4 is 11.8 Å². The molecular formula is C11H21NO3. The number of ether oxygens (including phenoxy) is 1. The predicted octanol–water partition coefficient (Wildman–Crippen LogP) is 1.24. The SMILES string of the molecule is CC(=O)CC(=O)OCCN(C)C(C)(C)C. The monoisotopic (exact) mass is 215 g/mol. The predicted molar refractivity (Wildman–Crippen MR) is 58.6 cm³/mol. The van der Waals surface area contributed by atoms with Crippen molar-refractivity contribution in [2.75, 3.05) is 20.2 Å². The maximum Gasteiger partial charge on any atom is 0.313 e. The Kier molecular flexibility index (Phi) is 5.50. The van der Waals surface area contributed by atoms with Crippen LogP contribution < -0.4 is 0 Å². The van der Waals surface area contributed by atoms with Crippen LogP contribution in [0.3, 0.4) is 0 Å². The minimum absolute atomic E-state index is 0.0625. The highest BCUT2D eigenvalue weighted by Gasteiger charge is 2.16. The van der Waals surface area contributed by atoms with Gasteiger partial charge in [-0.15, -0.1) is 0 Å². The van der Waals surface area contributed by atoms with E-state index in [0.717, 1.165) is 0 Å². The second kappa shape index (κ2) is 5.85. The molecule has 0 unspecified atom stereocenters. The molecule has 0 atom stereocenters. The average molecular weight is 215 g/mol. The van der Waals surface area contributed by atoms with E-state index in [4.69, 9.17) is 4.74 Å². The van der Waals surface area contributed by atoms with Crippen LogP contribution in [0.2, 0.25) is 0 Å². The van der Waals surface area contributed by atoms with Crippen molar-refractivity contribution in [2.45, 2.75) is 39.7 Å². The van der Waals surface area contributed by atoms with E-state index < -0.39 is 5.97 Å². The number of carbonyl (C=O) groups excluding carboxylic acids is 2. The summed E-state index contributed by atoms with van der Waals surface area (Å²) in [7, 11) is 1.97. The maximum atomic E-state index is 11.0. The second-order valence-corrected chi connectivity index (χ2v) is 4.69. The second-order valence-electron chi connectivity index (χ2n) is 4.69. The lowest BCUT2D eigenvalue weighted by Gasteiger charge is -2.31. The van der Waals surface area contributed by atoms with E-state index in [1.54, 1.807) is 0 Å². The number of carbonyl (C=O) groups is 2. The fourth-order valence-electron chi connectivity index (χ4n) is 0.886. The van der Waals surface area contributed by atoms with Gasteiger partial charge in [0.15, 0.2) is 0 Å². The lowest BCUT2D eigenvalue weighted by Crippen LogP contribution is -2.40. The highest BCUT2D eigenvalue weighted by Crippen LogP contribution is 2.09. The van der Waals surface area contributed by atoms with E-state index in [0.29, 0.717) is 13.2 Å². The number of esters is 1. The average Bonchev–Trinajstić information content (AvgIpc) is 2.00. The molecule has 0 aromatic rings. The molecule has 0 aliphatic heterocycles. The third kappa shape index (κ3) is 7.08. The van der Waals surface area contributed by atoms with Crippen LogP contribution >= 0.6 is 0 Å². The lowest BCUT2D eigenvalue weighted by molar-refractivity contribution is -0.146. The number of rotatable bonds is 5. The molecule has 0 bridgehead atoms. The Balaban J connectivity index is 3.71. The fraction of sp³-hybridized carbons (Fsp3) is 0.818. The van der Waals surface area contributed by atoms with Crippen molar-refractivity contribution in [1.29, 1.82) is 0 Å². The molecule has 4 heteroatoms. The number of likely N-dealkylation sites (N-methyl/N-ethyl adjacent to an activating group) is 1. The fourth-order valence-corrected chi connectivity index (χ4v) is 0.886. The van der Waals surface area contributed by atoms with Crippen molar-refractivity contribution in [3.8, 4) is 0 Å². The van der Waals surface area contributed by atoms with Gasteiger partial charge in [0.2, 0.25) is 0 Å². The first-order valence-electron chi connectivity index (χ1n) is 5.10. The van der Waals surface area contributed by atoms with Gasteiger partial charge < -0.3 is 4.74 Å². The smallest absolute Gasteiger partial charge is 0.313 e. The number of Topliss-reactive ketones (excluding diaryl/α,β-unsaturated/α-hetero) is 1. The van der Waals surface area contributed by atoms with Crippen LogP contribution in [0.1, 0.15) is 34.1 Å². The normalized spacial score (nSPS) is 11.6. The van der Waals surface area contributed by atoms with E-state index in [1.807, 2.05) is 7.05 Å². The van der Waals surface area contributed by atoms with Crippen LogP contribution in [0.5, 0.6) is 0 Å². The Morgan fingerprint density at radius 3 is 2.20 bits per heavy atom. The molecule has 0 heterocycles. The largest absolute Gasteiger partial charge is 0.464 e. The highest BCUT2D eigenvalue weighted by molar-refractivity contribution is 5.94. The molecule has 0 amide bonds. The summed E-state index contributed by atoms with van der Waals surface area (Å²) in [6.07, 6.45) is -0.126. The van der Waals surface area contributed by atoms with Gasteiger partial charge in [-0.1, -0.05) is 0 Å². The minimum atomic E-state index is -0.440.